The highest BCUT2D eigenvalue weighted by molar-refractivity contribution is 5.94. The van der Waals surface area contributed by atoms with E-state index in [1.165, 1.54) is 13.2 Å². The van der Waals surface area contributed by atoms with Crippen molar-refractivity contribution in [3.63, 3.8) is 0 Å². The minimum Gasteiger partial charge on any atom is -0.508 e. The number of methoxy groups -OCH3 is 1. The third-order valence-corrected chi connectivity index (χ3v) is 4.48. The highest BCUT2D eigenvalue weighted by atomic mass is 16.5. The second-order valence-corrected chi connectivity index (χ2v) is 6.52. The van der Waals surface area contributed by atoms with Gasteiger partial charge in [0, 0.05) is 35.2 Å². The first kappa shape index (κ1) is 19.2. The van der Waals surface area contributed by atoms with Crippen LogP contribution in [0, 0.1) is 0 Å². The molecule has 0 radical (unpaired) electrons. The molecular weight excluding hydrogens is 382 g/mol. The molecule has 0 aliphatic heterocycles. The molecule has 30 heavy (non-hydrogen) atoms. The number of pyridine rings is 1. The van der Waals surface area contributed by atoms with E-state index in [2.05, 4.69) is 15.3 Å². The molecule has 4 rings (SSSR count). The van der Waals surface area contributed by atoms with Crippen molar-refractivity contribution < 1.29 is 19.1 Å². The number of carbonyl (C=O) groups is 1. The number of aromatic hydroxyl groups is 1. The molecule has 0 atom stereocenters. The topological polar surface area (TPSA) is 97.5 Å². The van der Waals surface area contributed by atoms with E-state index in [4.69, 9.17) is 9.15 Å². The van der Waals surface area contributed by atoms with E-state index in [1.807, 2.05) is 36.4 Å². The summed E-state index contributed by atoms with van der Waals surface area (Å²) in [5, 5.41) is 12.9. The predicted molar refractivity (Wildman–Crippen MR) is 112 cm³/mol. The molecule has 0 bridgehead atoms. The van der Waals surface area contributed by atoms with Crippen LogP contribution in [0.5, 0.6) is 11.5 Å². The molecule has 0 fully saturated rings. The van der Waals surface area contributed by atoms with Crippen LogP contribution in [0.4, 0.5) is 5.88 Å². The summed E-state index contributed by atoms with van der Waals surface area (Å²) in [6.45, 7) is 0. The number of carbonyl (C=O) groups excluding carboxylic acids is 1. The summed E-state index contributed by atoms with van der Waals surface area (Å²) in [5.41, 5.74) is 2.45. The molecule has 0 saturated carbocycles. The number of aromatic nitrogens is 2. The van der Waals surface area contributed by atoms with Crippen molar-refractivity contribution in [2.45, 2.75) is 6.42 Å². The lowest BCUT2D eigenvalue weighted by molar-refractivity contribution is -0.115. The van der Waals surface area contributed by atoms with Crippen LogP contribution in [0.1, 0.15) is 5.56 Å². The molecule has 2 N–H and O–H groups in total. The Morgan fingerprint density at radius 1 is 1.10 bits per heavy atom. The van der Waals surface area contributed by atoms with E-state index in [0.717, 1.165) is 5.56 Å². The molecule has 0 saturated heterocycles. The minimum absolute atomic E-state index is 0.0143. The van der Waals surface area contributed by atoms with Crippen LogP contribution < -0.4 is 10.1 Å². The van der Waals surface area contributed by atoms with Gasteiger partial charge in [0.1, 0.15) is 17.2 Å². The molecule has 150 valence electrons. The Kier molecular flexibility index (Phi) is 5.43. The first-order valence-corrected chi connectivity index (χ1v) is 9.26. The molecule has 2 aromatic heterocycles. The molecule has 0 spiro atoms. The maximum absolute atomic E-state index is 12.7. The number of hydrogen-bond donors (Lipinski definition) is 2. The van der Waals surface area contributed by atoms with Gasteiger partial charge in [0.25, 0.3) is 0 Å². The number of phenols is 1. The second kappa shape index (κ2) is 8.48. The molecule has 7 nitrogen and oxygen atoms in total. The lowest BCUT2D eigenvalue weighted by Gasteiger charge is -2.07. The normalized spacial score (nSPS) is 10.6. The average Bonchev–Trinajstić information content (AvgIpc) is 3.20. The van der Waals surface area contributed by atoms with E-state index in [0.29, 0.717) is 28.5 Å². The zero-order chi connectivity index (χ0) is 20.9. The third kappa shape index (κ3) is 4.15. The van der Waals surface area contributed by atoms with Crippen molar-refractivity contribution in [1.82, 2.24) is 9.97 Å². The van der Waals surface area contributed by atoms with E-state index in [1.54, 1.807) is 30.6 Å². The number of oxazole rings is 1. The maximum atomic E-state index is 12.7. The van der Waals surface area contributed by atoms with Gasteiger partial charge in [-0.1, -0.05) is 24.3 Å². The van der Waals surface area contributed by atoms with Crippen molar-refractivity contribution in [2.24, 2.45) is 0 Å². The fraction of sp³-hybridized carbons (Fsp3) is 0.0870. The second-order valence-electron chi connectivity index (χ2n) is 6.52. The SMILES string of the molecule is COc1ccc(CC(=O)Nc2oc(-c3ccccc3)nc2-c2cccnc2)c(O)c1. The smallest absolute Gasteiger partial charge is 0.231 e. The van der Waals surface area contributed by atoms with Gasteiger partial charge < -0.3 is 14.3 Å². The summed E-state index contributed by atoms with van der Waals surface area (Å²) in [6.07, 6.45) is 3.27. The molecule has 2 aromatic carbocycles. The van der Waals surface area contributed by atoms with E-state index in [9.17, 15) is 9.90 Å². The standard InChI is InChI=1S/C23H19N3O4/c1-29-18-10-9-16(19(27)13-18)12-20(28)25-23-21(17-8-5-11-24-14-17)26-22(30-23)15-6-3-2-4-7-15/h2-11,13-14,27H,12H2,1H3,(H,25,28). The number of nitrogens with one attached hydrogen (secondary N) is 1. The van der Waals surface area contributed by atoms with Crippen molar-refractivity contribution >= 4 is 11.8 Å². The lowest BCUT2D eigenvalue weighted by atomic mass is 10.1. The maximum Gasteiger partial charge on any atom is 0.231 e. The number of anilines is 1. The van der Waals surface area contributed by atoms with Crippen LogP contribution in [-0.2, 0) is 11.2 Å². The monoisotopic (exact) mass is 401 g/mol. The molecule has 4 aromatic rings. The van der Waals surface area contributed by atoms with Crippen LogP contribution in [0.3, 0.4) is 0 Å². The van der Waals surface area contributed by atoms with Gasteiger partial charge in [0.15, 0.2) is 0 Å². The third-order valence-electron chi connectivity index (χ3n) is 4.48. The molecule has 1 amide bonds. The molecule has 2 heterocycles. The summed E-state index contributed by atoms with van der Waals surface area (Å²) < 4.78 is 10.9. The summed E-state index contributed by atoms with van der Waals surface area (Å²) >= 11 is 0. The minimum atomic E-state index is -0.351. The van der Waals surface area contributed by atoms with Crippen LogP contribution in [0.15, 0.2) is 77.5 Å². The predicted octanol–water partition coefficient (Wildman–Crippen LogP) is 4.30. The Hall–Kier alpha value is -4.13. The Balaban J connectivity index is 1.62. The lowest BCUT2D eigenvalue weighted by Crippen LogP contribution is -2.14. The van der Waals surface area contributed by atoms with Gasteiger partial charge in [0.05, 0.1) is 13.5 Å². The van der Waals surface area contributed by atoms with Crippen molar-refractivity contribution in [3.8, 4) is 34.2 Å². The van der Waals surface area contributed by atoms with Crippen molar-refractivity contribution in [2.75, 3.05) is 12.4 Å². The highest BCUT2D eigenvalue weighted by Gasteiger charge is 2.19. The Morgan fingerprint density at radius 2 is 1.90 bits per heavy atom. The van der Waals surface area contributed by atoms with Crippen molar-refractivity contribution in [1.29, 1.82) is 0 Å². The Bertz CT molecular complexity index is 1160. The van der Waals surface area contributed by atoms with Crippen LogP contribution in [-0.4, -0.2) is 28.1 Å². The zero-order valence-electron chi connectivity index (χ0n) is 16.2. The van der Waals surface area contributed by atoms with Crippen molar-refractivity contribution in [3.05, 3.63) is 78.6 Å². The van der Waals surface area contributed by atoms with Crippen LogP contribution in [0.25, 0.3) is 22.7 Å². The quantitative estimate of drug-likeness (QED) is 0.500. The first-order valence-electron chi connectivity index (χ1n) is 9.26. The van der Waals surface area contributed by atoms with Gasteiger partial charge >= 0.3 is 0 Å². The Labute approximate surface area is 173 Å². The molecule has 0 unspecified atom stereocenters. The summed E-state index contributed by atoms with van der Waals surface area (Å²) in [7, 11) is 1.51. The zero-order valence-corrected chi connectivity index (χ0v) is 16.2. The number of rotatable bonds is 6. The number of ether oxygens (including phenoxy) is 1. The fourth-order valence-electron chi connectivity index (χ4n) is 2.97. The van der Waals surface area contributed by atoms with Gasteiger partial charge in [-0.3, -0.25) is 15.1 Å². The number of benzene rings is 2. The van der Waals surface area contributed by atoms with Gasteiger partial charge in [-0.15, -0.1) is 0 Å². The number of phenolic OH excluding ortho intramolecular Hbond substituents is 1. The van der Waals surface area contributed by atoms with Gasteiger partial charge in [-0.05, 0) is 30.3 Å². The summed E-state index contributed by atoms with van der Waals surface area (Å²) in [6, 6.07) is 17.8. The fourth-order valence-corrected chi connectivity index (χ4v) is 2.97. The molecule has 0 aliphatic carbocycles. The van der Waals surface area contributed by atoms with Gasteiger partial charge in [0.2, 0.25) is 17.7 Å². The van der Waals surface area contributed by atoms with Gasteiger partial charge in [-0.2, -0.15) is 0 Å². The van der Waals surface area contributed by atoms with Crippen LogP contribution in [0.2, 0.25) is 0 Å². The summed E-state index contributed by atoms with van der Waals surface area (Å²) in [5.74, 6) is 0.756. The van der Waals surface area contributed by atoms with E-state index >= 15 is 0 Å². The molecule has 0 aliphatic rings. The van der Waals surface area contributed by atoms with E-state index in [-0.39, 0.29) is 24.0 Å². The molecular formula is C23H19N3O4. The summed E-state index contributed by atoms with van der Waals surface area (Å²) in [4.78, 5) is 21.3. The van der Waals surface area contributed by atoms with E-state index < -0.39 is 0 Å². The largest absolute Gasteiger partial charge is 0.508 e. The van der Waals surface area contributed by atoms with Gasteiger partial charge in [-0.25, -0.2) is 4.98 Å². The van der Waals surface area contributed by atoms with Crippen LogP contribution >= 0.6 is 0 Å². The first-order chi connectivity index (χ1) is 14.6. The Morgan fingerprint density at radius 3 is 2.60 bits per heavy atom. The number of amides is 1. The highest BCUT2D eigenvalue weighted by Crippen LogP contribution is 2.33. The number of hydrogen-bond acceptors (Lipinski definition) is 6. The number of nitrogens with zero attached hydrogens (tertiary/aromatic N) is 2. The average molecular weight is 401 g/mol. The molecule has 7 heteroatoms.